The lowest BCUT2D eigenvalue weighted by Gasteiger charge is -2.05. The van der Waals surface area contributed by atoms with Gasteiger partial charge < -0.3 is 5.32 Å². The van der Waals surface area contributed by atoms with Crippen molar-refractivity contribution in [2.24, 2.45) is 0 Å². The zero-order chi connectivity index (χ0) is 9.26. The molecule has 0 aliphatic carbocycles. The molecule has 68 valence electrons. The van der Waals surface area contributed by atoms with E-state index in [1.807, 2.05) is 18.4 Å². The highest BCUT2D eigenvalue weighted by Crippen LogP contribution is 2.29. The van der Waals surface area contributed by atoms with Crippen LogP contribution in [0.4, 0.5) is 0 Å². The van der Waals surface area contributed by atoms with Crippen LogP contribution in [0.25, 0.3) is 10.1 Å². The summed E-state index contributed by atoms with van der Waals surface area (Å²) in [5.41, 5.74) is 0. The van der Waals surface area contributed by atoms with Gasteiger partial charge in [0.05, 0.1) is 0 Å². The Morgan fingerprint density at radius 1 is 1.31 bits per heavy atom. The Morgan fingerprint density at radius 2 is 2.08 bits per heavy atom. The van der Waals surface area contributed by atoms with Crippen molar-refractivity contribution in [3.05, 3.63) is 35.2 Å². The maximum atomic E-state index is 3.25. The van der Waals surface area contributed by atoms with Gasteiger partial charge in [-0.2, -0.15) is 0 Å². The van der Waals surface area contributed by atoms with Gasteiger partial charge in [-0.25, -0.2) is 0 Å². The standard InChI is InChI=1S/C11H13NS/c1-8(12-2)11-7-9-5-3-4-6-10(9)13-11/h3-8,12H,1-2H3/t8-/m1/s1. The number of fused-ring (bicyclic) bond motifs is 1. The molecule has 0 unspecified atom stereocenters. The molecular weight excluding hydrogens is 178 g/mol. The zero-order valence-electron chi connectivity index (χ0n) is 7.87. The van der Waals surface area contributed by atoms with Gasteiger partial charge in [0.25, 0.3) is 0 Å². The van der Waals surface area contributed by atoms with Crippen LogP contribution in [0.1, 0.15) is 17.8 Å². The number of hydrogen-bond acceptors (Lipinski definition) is 2. The lowest BCUT2D eigenvalue weighted by Crippen LogP contribution is -2.10. The summed E-state index contributed by atoms with van der Waals surface area (Å²) < 4.78 is 1.37. The van der Waals surface area contributed by atoms with E-state index in [9.17, 15) is 0 Å². The summed E-state index contributed by atoms with van der Waals surface area (Å²) in [6, 6.07) is 11.2. The second-order valence-electron chi connectivity index (χ2n) is 3.20. The topological polar surface area (TPSA) is 12.0 Å². The Bertz CT molecular complexity index is 372. The minimum atomic E-state index is 0.456. The molecule has 0 fully saturated rings. The fourth-order valence-corrected chi connectivity index (χ4v) is 2.48. The first-order chi connectivity index (χ1) is 6.31. The van der Waals surface area contributed by atoms with Crippen molar-refractivity contribution in [1.29, 1.82) is 0 Å². The first-order valence-corrected chi connectivity index (χ1v) is 5.28. The van der Waals surface area contributed by atoms with Gasteiger partial charge in [0.15, 0.2) is 0 Å². The molecule has 1 aromatic heterocycles. The molecule has 0 radical (unpaired) electrons. The van der Waals surface area contributed by atoms with E-state index >= 15 is 0 Å². The fraction of sp³-hybridized carbons (Fsp3) is 0.273. The van der Waals surface area contributed by atoms with Crippen LogP contribution in [0.15, 0.2) is 30.3 Å². The molecule has 1 atom stereocenters. The lowest BCUT2D eigenvalue weighted by atomic mass is 10.2. The normalized spacial score (nSPS) is 13.4. The molecular formula is C11H13NS. The van der Waals surface area contributed by atoms with Crippen molar-refractivity contribution in [3.63, 3.8) is 0 Å². The molecule has 2 aromatic rings. The number of nitrogens with one attached hydrogen (secondary N) is 1. The van der Waals surface area contributed by atoms with Gasteiger partial charge in [0.1, 0.15) is 0 Å². The molecule has 1 N–H and O–H groups in total. The predicted molar refractivity (Wildman–Crippen MR) is 59.3 cm³/mol. The molecule has 1 aromatic carbocycles. The van der Waals surface area contributed by atoms with Crippen molar-refractivity contribution in [3.8, 4) is 0 Å². The fourth-order valence-electron chi connectivity index (χ4n) is 1.36. The van der Waals surface area contributed by atoms with Crippen LogP contribution in [-0.2, 0) is 0 Å². The molecule has 13 heavy (non-hydrogen) atoms. The molecule has 0 saturated carbocycles. The van der Waals surface area contributed by atoms with Crippen LogP contribution in [-0.4, -0.2) is 7.05 Å². The summed E-state index contributed by atoms with van der Waals surface area (Å²) in [7, 11) is 2.00. The highest BCUT2D eigenvalue weighted by atomic mass is 32.1. The van der Waals surface area contributed by atoms with Crippen molar-refractivity contribution in [1.82, 2.24) is 5.32 Å². The third kappa shape index (κ3) is 1.60. The third-order valence-electron chi connectivity index (χ3n) is 2.30. The largest absolute Gasteiger partial charge is 0.313 e. The molecule has 0 aliphatic heterocycles. The van der Waals surface area contributed by atoms with Gasteiger partial charge >= 0.3 is 0 Å². The van der Waals surface area contributed by atoms with Crippen LogP contribution in [0, 0.1) is 0 Å². The van der Waals surface area contributed by atoms with Crippen LogP contribution in [0.3, 0.4) is 0 Å². The van der Waals surface area contributed by atoms with Crippen LogP contribution in [0.2, 0.25) is 0 Å². The minimum absolute atomic E-state index is 0.456. The third-order valence-corrected chi connectivity index (χ3v) is 3.60. The average Bonchev–Trinajstić information content (AvgIpc) is 2.59. The first kappa shape index (κ1) is 8.73. The Labute approximate surface area is 82.4 Å². The molecule has 0 aliphatic rings. The van der Waals surface area contributed by atoms with Crippen LogP contribution >= 0.6 is 11.3 Å². The molecule has 0 bridgehead atoms. The Hall–Kier alpha value is -0.860. The van der Waals surface area contributed by atoms with E-state index in [0.29, 0.717) is 6.04 Å². The molecule has 2 heteroatoms. The SMILES string of the molecule is CN[C@H](C)c1cc2ccccc2s1. The monoisotopic (exact) mass is 191 g/mol. The quantitative estimate of drug-likeness (QED) is 0.768. The average molecular weight is 191 g/mol. The highest BCUT2D eigenvalue weighted by Gasteiger charge is 2.06. The number of benzene rings is 1. The summed E-state index contributed by atoms with van der Waals surface area (Å²) in [6.45, 7) is 2.19. The van der Waals surface area contributed by atoms with Crippen molar-refractivity contribution < 1.29 is 0 Å². The van der Waals surface area contributed by atoms with E-state index in [2.05, 4.69) is 42.6 Å². The molecule has 1 heterocycles. The van der Waals surface area contributed by atoms with E-state index in [1.165, 1.54) is 15.0 Å². The Morgan fingerprint density at radius 3 is 2.77 bits per heavy atom. The lowest BCUT2D eigenvalue weighted by molar-refractivity contribution is 0.664. The van der Waals surface area contributed by atoms with Crippen molar-refractivity contribution in [2.45, 2.75) is 13.0 Å². The summed E-state index contributed by atoms with van der Waals surface area (Å²) in [5.74, 6) is 0. The van der Waals surface area contributed by atoms with E-state index < -0.39 is 0 Å². The van der Waals surface area contributed by atoms with E-state index in [1.54, 1.807) is 0 Å². The van der Waals surface area contributed by atoms with E-state index in [-0.39, 0.29) is 0 Å². The van der Waals surface area contributed by atoms with Crippen LogP contribution in [0.5, 0.6) is 0 Å². The second kappa shape index (κ2) is 3.48. The maximum absolute atomic E-state index is 3.25. The van der Waals surface area contributed by atoms with Gasteiger partial charge in [-0.3, -0.25) is 0 Å². The van der Waals surface area contributed by atoms with Crippen molar-refractivity contribution in [2.75, 3.05) is 7.05 Å². The van der Waals surface area contributed by atoms with Gasteiger partial charge in [-0.1, -0.05) is 18.2 Å². The number of thiophene rings is 1. The summed E-state index contributed by atoms with van der Waals surface area (Å²) in [6.07, 6.45) is 0. The second-order valence-corrected chi connectivity index (χ2v) is 4.31. The first-order valence-electron chi connectivity index (χ1n) is 4.47. The predicted octanol–water partition coefficient (Wildman–Crippen LogP) is 3.18. The molecule has 0 amide bonds. The van der Waals surface area contributed by atoms with Crippen LogP contribution < -0.4 is 5.32 Å². The minimum Gasteiger partial charge on any atom is -0.313 e. The van der Waals surface area contributed by atoms with Gasteiger partial charge in [0, 0.05) is 15.6 Å². The Kier molecular flexibility index (Phi) is 2.34. The molecule has 0 spiro atoms. The summed E-state index contributed by atoms with van der Waals surface area (Å²) >= 11 is 1.87. The summed E-state index contributed by atoms with van der Waals surface area (Å²) in [5, 5.41) is 4.60. The van der Waals surface area contributed by atoms with E-state index in [4.69, 9.17) is 0 Å². The smallest absolute Gasteiger partial charge is 0.0384 e. The Balaban J connectivity index is 2.49. The van der Waals surface area contributed by atoms with Crippen molar-refractivity contribution >= 4 is 21.4 Å². The maximum Gasteiger partial charge on any atom is 0.0384 e. The molecule has 2 rings (SSSR count). The number of hydrogen-bond donors (Lipinski definition) is 1. The van der Waals surface area contributed by atoms with E-state index in [0.717, 1.165) is 0 Å². The molecule has 0 saturated heterocycles. The number of rotatable bonds is 2. The van der Waals surface area contributed by atoms with Gasteiger partial charge in [-0.05, 0) is 31.5 Å². The van der Waals surface area contributed by atoms with Gasteiger partial charge in [-0.15, -0.1) is 11.3 Å². The summed E-state index contributed by atoms with van der Waals surface area (Å²) in [4.78, 5) is 1.41. The van der Waals surface area contributed by atoms with Gasteiger partial charge in [0.2, 0.25) is 0 Å². The molecule has 1 nitrogen and oxygen atoms in total. The zero-order valence-corrected chi connectivity index (χ0v) is 8.69. The highest BCUT2D eigenvalue weighted by molar-refractivity contribution is 7.19.